The van der Waals surface area contributed by atoms with Crippen LogP contribution in [0.2, 0.25) is 0 Å². The molecular weight excluding hydrogens is 394 g/mol. The van der Waals surface area contributed by atoms with Gasteiger partial charge in [-0.1, -0.05) is 48.0 Å². The largest absolute Gasteiger partial charge is 0.354 e. The molecule has 1 aliphatic carbocycles. The molecule has 0 unspecified atom stereocenters. The summed E-state index contributed by atoms with van der Waals surface area (Å²) >= 11 is 1.54. The maximum Gasteiger partial charge on any atom is 0.243 e. The Morgan fingerprint density at radius 1 is 1.00 bits per heavy atom. The van der Waals surface area contributed by atoms with Crippen LogP contribution in [0.25, 0.3) is 0 Å². The Balaban J connectivity index is 1.66. The summed E-state index contributed by atoms with van der Waals surface area (Å²) in [5.41, 5.74) is 3.86. The smallest absolute Gasteiger partial charge is 0.243 e. The van der Waals surface area contributed by atoms with Crippen LogP contribution in [-0.4, -0.2) is 30.9 Å². The Hall–Kier alpha value is -2.99. The molecular formula is C24H23N3O2S. The fraction of sp³-hybridized carbons (Fsp3) is 0.292. The number of fused-ring (bicyclic) bond motifs is 3. The zero-order valence-corrected chi connectivity index (χ0v) is 18.0. The summed E-state index contributed by atoms with van der Waals surface area (Å²) in [7, 11) is 3.91. The van der Waals surface area contributed by atoms with Crippen LogP contribution in [0.4, 0.5) is 10.8 Å². The number of aryl methyl sites for hydroxylation is 1. The zero-order chi connectivity index (χ0) is 21.0. The van der Waals surface area contributed by atoms with E-state index in [1.807, 2.05) is 49.3 Å². The van der Waals surface area contributed by atoms with Crippen LogP contribution in [0.1, 0.15) is 33.5 Å². The van der Waals surface area contributed by atoms with Crippen molar-refractivity contribution in [2.45, 2.75) is 25.2 Å². The number of carbonyl (C=O) groups is 2. The maximum atomic E-state index is 13.6. The number of anilines is 2. The molecule has 30 heavy (non-hydrogen) atoms. The predicted octanol–water partition coefficient (Wildman–Crippen LogP) is 4.13. The molecule has 3 aromatic rings. The molecule has 0 spiro atoms. The first-order valence-electron chi connectivity index (χ1n) is 10.1. The SMILES string of the molecule is Cc1ccc([C@H]2Cc3nc(N(C)C)sc3[C@H]3C(=O)N(c4ccccc4)C(=O)[C@@H]23)cc1. The minimum Gasteiger partial charge on any atom is -0.354 e. The average molecular weight is 418 g/mol. The molecule has 2 aromatic carbocycles. The van der Waals surface area contributed by atoms with Gasteiger partial charge in [-0.3, -0.25) is 9.59 Å². The highest BCUT2D eigenvalue weighted by Crippen LogP contribution is 2.52. The molecule has 1 saturated heterocycles. The summed E-state index contributed by atoms with van der Waals surface area (Å²) in [6.45, 7) is 2.05. The third kappa shape index (κ3) is 2.86. The van der Waals surface area contributed by atoms with Crippen LogP contribution in [0.15, 0.2) is 54.6 Å². The lowest BCUT2D eigenvalue weighted by molar-refractivity contribution is -0.122. The van der Waals surface area contributed by atoms with Gasteiger partial charge in [0.25, 0.3) is 0 Å². The van der Waals surface area contributed by atoms with Gasteiger partial charge >= 0.3 is 0 Å². The molecule has 0 bridgehead atoms. The fourth-order valence-corrected chi connectivity index (χ4v) is 5.77. The van der Waals surface area contributed by atoms with Crippen LogP contribution in [-0.2, 0) is 16.0 Å². The molecule has 2 aliphatic rings. The van der Waals surface area contributed by atoms with E-state index in [2.05, 4.69) is 31.2 Å². The van der Waals surface area contributed by atoms with Gasteiger partial charge in [0.15, 0.2) is 5.13 Å². The second-order valence-corrected chi connectivity index (χ2v) is 9.28. The van der Waals surface area contributed by atoms with Gasteiger partial charge in [-0.25, -0.2) is 9.88 Å². The third-order valence-electron chi connectivity index (χ3n) is 6.10. The molecule has 2 amide bonds. The highest BCUT2D eigenvalue weighted by Gasteiger charge is 2.56. The summed E-state index contributed by atoms with van der Waals surface area (Å²) in [4.78, 5) is 36.4. The number of carbonyl (C=O) groups excluding carboxylic acids is 2. The lowest BCUT2D eigenvalue weighted by atomic mass is 9.72. The number of hydrogen-bond acceptors (Lipinski definition) is 5. The molecule has 6 heteroatoms. The van der Waals surface area contributed by atoms with E-state index in [9.17, 15) is 9.59 Å². The fourth-order valence-electron chi connectivity index (χ4n) is 4.61. The number of para-hydroxylation sites is 1. The van der Waals surface area contributed by atoms with E-state index in [0.29, 0.717) is 12.1 Å². The van der Waals surface area contributed by atoms with Crippen molar-refractivity contribution in [3.05, 3.63) is 76.3 Å². The van der Waals surface area contributed by atoms with Crippen molar-refractivity contribution in [2.24, 2.45) is 5.92 Å². The van der Waals surface area contributed by atoms with E-state index in [1.54, 1.807) is 0 Å². The topological polar surface area (TPSA) is 53.5 Å². The van der Waals surface area contributed by atoms with E-state index < -0.39 is 11.8 Å². The van der Waals surface area contributed by atoms with Crippen LogP contribution in [0.5, 0.6) is 0 Å². The molecule has 3 atom stereocenters. The second kappa shape index (κ2) is 7.06. The van der Waals surface area contributed by atoms with Crippen molar-refractivity contribution in [1.29, 1.82) is 0 Å². The monoisotopic (exact) mass is 417 g/mol. The number of benzene rings is 2. The summed E-state index contributed by atoms with van der Waals surface area (Å²) in [5, 5.41) is 0.877. The molecule has 1 aliphatic heterocycles. The van der Waals surface area contributed by atoms with Crippen molar-refractivity contribution in [1.82, 2.24) is 4.98 Å². The number of nitrogens with zero attached hydrogens (tertiary/aromatic N) is 3. The quantitative estimate of drug-likeness (QED) is 0.602. The highest BCUT2D eigenvalue weighted by molar-refractivity contribution is 7.16. The van der Waals surface area contributed by atoms with E-state index in [-0.39, 0.29) is 17.7 Å². The van der Waals surface area contributed by atoms with Crippen LogP contribution >= 0.6 is 11.3 Å². The first kappa shape index (κ1) is 19.0. The molecule has 5 rings (SSSR count). The third-order valence-corrected chi connectivity index (χ3v) is 7.45. The maximum absolute atomic E-state index is 13.6. The second-order valence-electron chi connectivity index (χ2n) is 8.27. The summed E-state index contributed by atoms with van der Waals surface area (Å²) in [6, 6.07) is 17.6. The highest BCUT2D eigenvalue weighted by atomic mass is 32.1. The first-order chi connectivity index (χ1) is 14.5. The Morgan fingerprint density at radius 3 is 2.37 bits per heavy atom. The summed E-state index contributed by atoms with van der Waals surface area (Å²) in [5.74, 6) is -1.18. The predicted molar refractivity (Wildman–Crippen MR) is 119 cm³/mol. The van der Waals surface area contributed by atoms with Crippen molar-refractivity contribution in [2.75, 3.05) is 23.9 Å². The molecule has 1 fully saturated rings. The average Bonchev–Trinajstić information content (AvgIpc) is 3.28. The molecule has 2 heterocycles. The minimum atomic E-state index is -0.473. The molecule has 152 valence electrons. The van der Waals surface area contributed by atoms with Gasteiger partial charge in [-0.2, -0.15) is 0 Å². The lowest BCUT2D eigenvalue weighted by Crippen LogP contribution is -2.32. The number of rotatable bonds is 3. The van der Waals surface area contributed by atoms with Gasteiger partial charge in [0, 0.05) is 24.9 Å². The van der Waals surface area contributed by atoms with Crippen LogP contribution in [0.3, 0.4) is 0 Å². The normalized spacial score (nSPS) is 22.8. The molecule has 0 saturated carbocycles. The van der Waals surface area contributed by atoms with Crippen molar-refractivity contribution >= 4 is 34.0 Å². The molecule has 1 aromatic heterocycles. The Kier molecular flexibility index (Phi) is 4.47. The van der Waals surface area contributed by atoms with Crippen LogP contribution in [0, 0.1) is 12.8 Å². The molecule has 0 radical (unpaired) electrons. The zero-order valence-electron chi connectivity index (χ0n) is 17.2. The van der Waals surface area contributed by atoms with Crippen molar-refractivity contribution in [3.63, 3.8) is 0 Å². The minimum absolute atomic E-state index is 0.0645. The Bertz CT molecular complexity index is 1120. The number of hydrogen-bond donors (Lipinski definition) is 0. The lowest BCUT2D eigenvalue weighted by Gasteiger charge is -2.30. The standard InChI is InChI=1S/C24H23N3O2S/c1-14-9-11-15(12-10-14)17-13-18-21(30-24(25-18)26(2)3)20-19(17)22(28)27(23(20)29)16-7-5-4-6-8-16/h4-12,17,19-20H,13H2,1-3H3/t17-,19+,20+/m1/s1. The number of aromatic nitrogens is 1. The number of amides is 2. The van der Waals surface area contributed by atoms with Gasteiger partial charge in [0.2, 0.25) is 11.8 Å². The summed E-state index contributed by atoms with van der Waals surface area (Å²) < 4.78 is 0. The Morgan fingerprint density at radius 2 is 1.70 bits per heavy atom. The van der Waals surface area contributed by atoms with E-state index in [4.69, 9.17) is 4.98 Å². The summed E-state index contributed by atoms with van der Waals surface area (Å²) in [6.07, 6.45) is 0.672. The van der Waals surface area contributed by atoms with E-state index in [0.717, 1.165) is 21.3 Å². The Labute approximate surface area is 180 Å². The van der Waals surface area contributed by atoms with Gasteiger partial charge in [0.1, 0.15) is 0 Å². The molecule has 0 N–H and O–H groups in total. The number of imide groups is 1. The van der Waals surface area contributed by atoms with Crippen LogP contribution < -0.4 is 9.80 Å². The van der Waals surface area contributed by atoms with Gasteiger partial charge in [-0.15, -0.1) is 11.3 Å². The van der Waals surface area contributed by atoms with Crippen molar-refractivity contribution < 1.29 is 9.59 Å². The number of thiazole rings is 1. The first-order valence-corrected chi connectivity index (χ1v) is 10.9. The van der Waals surface area contributed by atoms with E-state index in [1.165, 1.54) is 21.8 Å². The van der Waals surface area contributed by atoms with E-state index >= 15 is 0 Å². The van der Waals surface area contributed by atoms with Gasteiger partial charge < -0.3 is 4.90 Å². The van der Waals surface area contributed by atoms with Gasteiger partial charge in [-0.05, 0) is 31.0 Å². The molecule has 5 nitrogen and oxygen atoms in total. The van der Waals surface area contributed by atoms with Gasteiger partial charge in [0.05, 0.1) is 23.2 Å². The van der Waals surface area contributed by atoms with Crippen molar-refractivity contribution in [3.8, 4) is 0 Å².